The molecule has 7 aliphatic rings. The highest BCUT2D eigenvalue weighted by Crippen LogP contribution is 2.50. The molecule has 37 nitrogen and oxygen atoms in total. The molecule has 22 N–H and O–H groups in total. The van der Waals surface area contributed by atoms with Crippen molar-refractivity contribution in [2.75, 3.05) is 20.3 Å². The highest BCUT2D eigenvalue weighted by Gasteiger charge is 2.52. The second kappa shape index (κ2) is 40.6. The van der Waals surface area contributed by atoms with Gasteiger partial charge in [-0.3, -0.25) is 38.1 Å². The topological polar surface area (TPSA) is 594 Å². The van der Waals surface area contributed by atoms with Crippen LogP contribution >= 0.6 is 23.2 Å². The number of carboxylic acids is 1. The number of phenols is 3. The zero-order chi connectivity index (χ0) is 86.5. The Morgan fingerprint density at radius 3 is 1.82 bits per heavy atom. The number of aromatic hydroxyl groups is 3. The number of primary amides is 1. The number of hydrogen-bond donors (Lipinski definition) is 20. The number of benzene rings is 5. The van der Waals surface area contributed by atoms with Gasteiger partial charge in [0.1, 0.15) is 89.5 Å². The van der Waals surface area contributed by atoms with Gasteiger partial charge < -0.3 is 128 Å². The maximum absolute atomic E-state index is 16.0. The summed E-state index contributed by atoms with van der Waals surface area (Å²) in [7, 11) is -2.76. The summed E-state index contributed by atoms with van der Waals surface area (Å²) in [6.07, 6.45) is -6.70. The van der Waals surface area contributed by atoms with Crippen molar-refractivity contribution in [3.05, 3.63) is 117 Å². The van der Waals surface area contributed by atoms with Crippen molar-refractivity contribution in [1.29, 1.82) is 0 Å². The lowest BCUT2D eigenvalue weighted by Crippen LogP contribution is -2.64. The van der Waals surface area contributed by atoms with Crippen LogP contribution in [0.3, 0.4) is 0 Å². The molecule has 18 atom stereocenters. The number of ether oxygens (including phenoxy) is 6. The smallest absolute Gasteiger partial charge is 0.397 e. The van der Waals surface area contributed by atoms with E-state index in [4.69, 9.17) is 67.6 Å². The molecule has 0 aromatic heterocycles. The number of aliphatic hydroxyl groups is 6. The van der Waals surface area contributed by atoms with Crippen LogP contribution in [-0.4, -0.2) is 211 Å². The third kappa shape index (κ3) is 23.2. The standard InChI is InChI=1S/C66H75Cl2N9O24.C12H26O4S/c1-23(2)12-34(71-5)58(88)76-49-51(83)26-7-10-38(32(67)14-26)97-40-16-28-17-41(55(40)101-65-56(54(86)53(85)42(22-78)99-65)100-44-21-66(4,70)57(87)24(3)96-44)98-39-11-8-27(15-33(39)68)52(84)50-63(93)75-48(64(94)95)31-18-29(79)19-37(81)45(31)30-13-25(6-9-36(30)80)46(60(90)77-50)74-61(91)47(28)73-59(89)35(20-43(69)82)72-62(49)92;1-2-3-4-5-6-7-8-9-10-11-12-16-17(13,14)15/h6-11,13-19,23-24,34-35,42,44,46-54,56-57,65,71,78-81,83-87H,12,20-22,70H2,1-5H3,(H2,69,82)(H,72,92)(H,73,89)(H,74,91)(H,75,93)(H,76,88)(H,77,90)(H,94,95);2-12H2,1H3,(H,13,14,15). The van der Waals surface area contributed by atoms with E-state index in [9.17, 15) is 83.5 Å². The van der Waals surface area contributed by atoms with Gasteiger partial charge >= 0.3 is 16.4 Å². The minimum atomic E-state index is -4.23. The van der Waals surface area contributed by atoms with E-state index in [0.29, 0.717) is 6.42 Å². The lowest BCUT2D eigenvalue weighted by Gasteiger charge is -2.47. The van der Waals surface area contributed by atoms with Gasteiger partial charge in [-0.05, 0) is 117 Å². The number of aliphatic hydroxyl groups excluding tert-OH is 6. The van der Waals surface area contributed by atoms with E-state index in [1.807, 2.05) is 13.8 Å². The molecule has 7 heterocycles. The van der Waals surface area contributed by atoms with Crippen molar-refractivity contribution < 1.29 is 135 Å². The molecule has 11 bridgehead atoms. The van der Waals surface area contributed by atoms with E-state index < -0.39 is 248 Å². The van der Waals surface area contributed by atoms with Crippen molar-refractivity contribution >= 4 is 80.9 Å². The fraction of sp³-hybridized carbons (Fsp3) is 0.513. The Kier molecular flexibility index (Phi) is 31.9. The Morgan fingerprint density at radius 1 is 0.686 bits per heavy atom. The summed E-state index contributed by atoms with van der Waals surface area (Å²) in [5.41, 5.74) is 8.00. The zero-order valence-corrected chi connectivity index (χ0v) is 67.5. The number of amides is 7. The molecule has 18 unspecified atom stereocenters. The Labute approximate surface area is 688 Å². The summed E-state index contributed by atoms with van der Waals surface area (Å²) >= 11 is 14.1. The molecular weight excluding hydrogens is 1610 g/mol. The molecule has 7 aliphatic heterocycles. The van der Waals surface area contributed by atoms with Crippen LogP contribution in [0.25, 0.3) is 11.1 Å². The normalized spacial score (nSPS) is 26.9. The molecule has 12 rings (SSSR count). The number of carboxylic acid groups (broad SMARTS) is 1. The van der Waals surface area contributed by atoms with Gasteiger partial charge in [-0.15, -0.1) is 0 Å². The molecule has 2 fully saturated rings. The number of nitrogens with two attached hydrogens (primary N) is 2. The van der Waals surface area contributed by atoms with Crippen LogP contribution in [0.5, 0.6) is 46.0 Å². The third-order valence-corrected chi connectivity index (χ3v) is 21.6. The van der Waals surface area contributed by atoms with E-state index >= 15 is 14.4 Å². The molecule has 118 heavy (non-hydrogen) atoms. The molecule has 646 valence electrons. The van der Waals surface area contributed by atoms with Gasteiger partial charge in [-0.2, -0.15) is 8.42 Å². The Balaban J connectivity index is 0.000000835. The van der Waals surface area contributed by atoms with Crippen LogP contribution in [0.1, 0.15) is 176 Å². The van der Waals surface area contributed by atoms with E-state index in [0.717, 1.165) is 79.6 Å². The van der Waals surface area contributed by atoms with Crippen molar-refractivity contribution in [2.24, 2.45) is 17.4 Å². The Bertz CT molecular complexity index is 4590. The summed E-state index contributed by atoms with van der Waals surface area (Å²) in [4.78, 5) is 117. The number of halogens is 2. The van der Waals surface area contributed by atoms with E-state index in [1.54, 1.807) is 0 Å². The number of fused-ring (bicyclic) bond motifs is 15. The molecular formula is C78H101Cl2N9O28S. The van der Waals surface area contributed by atoms with Crippen LogP contribution < -0.4 is 62.9 Å². The first kappa shape index (κ1) is 92.6. The SMILES string of the molecule is CCCCCCCCCCCCOS(=O)(=O)O.CNC(CC(C)C)C(=O)NC1C(=O)NC(CC(N)=O)C(=O)NC2C(=O)NC3C(=O)NC(C(=O)NC(C(=O)O)c4cc(O)cc(O)c4-c4cc3ccc4O)C(O)c3ccc(c(Cl)c3)Oc3cc2cc(c3OC2OC(CO)C(O)C(O)C2OC2CC(C)(N)C(O)C(C)O2)Oc2ccc(cc2Cl)C1O. The van der Waals surface area contributed by atoms with Crippen molar-refractivity contribution in [3.63, 3.8) is 0 Å². The Morgan fingerprint density at radius 2 is 1.26 bits per heavy atom. The monoisotopic (exact) mass is 1710 g/mol. The number of phenolic OH excluding ortho intramolecular Hbond substituents is 3. The number of aliphatic carboxylic acids is 1. The fourth-order valence-corrected chi connectivity index (χ4v) is 15.0. The largest absolute Gasteiger partial charge is 0.508 e. The molecule has 2 saturated heterocycles. The molecule has 5 aromatic rings. The van der Waals surface area contributed by atoms with Crippen LogP contribution in [0.15, 0.2) is 78.9 Å². The Hall–Kier alpha value is -9.33. The number of nitrogens with one attached hydrogen (secondary N) is 7. The summed E-state index contributed by atoms with van der Waals surface area (Å²) in [5, 5.41) is 131. The molecule has 0 saturated carbocycles. The average Bonchev–Trinajstić information content (AvgIpc) is 0.762. The molecule has 0 spiro atoms. The van der Waals surface area contributed by atoms with E-state index in [2.05, 4.69) is 48.3 Å². The summed E-state index contributed by atoms with van der Waals surface area (Å²) in [5.74, 6) is -16.0. The lowest BCUT2D eigenvalue weighted by atomic mass is 9.86. The quantitative estimate of drug-likeness (QED) is 0.0291. The van der Waals surface area contributed by atoms with E-state index in [-0.39, 0.29) is 52.8 Å². The predicted octanol–water partition coefficient (Wildman–Crippen LogP) is 3.83. The highest BCUT2D eigenvalue weighted by atomic mass is 35.5. The minimum absolute atomic E-state index is 0.0926. The van der Waals surface area contributed by atoms with Crippen molar-refractivity contribution in [3.8, 4) is 57.1 Å². The summed E-state index contributed by atoms with van der Waals surface area (Å²) < 4.78 is 71.3. The minimum Gasteiger partial charge on any atom is -0.508 e. The third-order valence-electron chi connectivity index (χ3n) is 20.5. The second-order valence-corrected chi connectivity index (χ2v) is 32.1. The molecule has 0 radical (unpaired) electrons. The second-order valence-electron chi connectivity index (χ2n) is 30.1. The number of hydrogen-bond acceptors (Lipinski definition) is 28. The van der Waals surface area contributed by atoms with Crippen LogP contribution in [-0.2, 0) is 67.1 Å². The molecule has 7 amide bonds. The maximum atomic E-state index is 16.0. The van der Waals surface area contributed by atoms with Crippen LogP contribution in [0.4, 0.5) is 0 Å². The first-order chi connectivity index (χ1) is 55.7. The van der Waals surface area contributed by atoms with Crippen LogP contribution in [0, 0.1) is 5.92 Å². The number of likely N-dealkylation sites (N-methyl/N-ethyl adjacent to an activating group) is 1. The van der Waals surface area contributed by atoms with Gasteiger partial charge in [0.15, 0.2) is 29.9 Å². The average molecular weight is 1720 g/mol. The molecule has 5 aromatic carbocycles. The number of carbonyl (C=O) groups is 8. The van der Waals surface area contributed by atoms with Crippen molar-refractivity contribution in [2.45, 2.75) is 227 Å². The van der Waals surface area contributed by atoms with Gasteiger partial charge in [0.05, 0.1) is 47.9 Å². The lowest BCUT2D eigenvalue weighted by molar-refractivity contribution is -0.333. The molecule has 0 aliphatic carbocycles. The first-order valence-corrected chi connectivity index (χ1v) is 40.4. The van der Waals surface area contributed by atoms with Crippen molar-refractivity contribution in [1.82, 2.24) is 37.2 Å². The fourth-order valence-electron chi connectivity index (χ4n) is 14.2. The number of rotatable bonds is 25. The number of carbonyl (C=O) groups excluding carboxylic acids is 7. The summed E-state index contributed by atoms with van der Waals surface area (Å²) in [6, 6.07) is -0.679. The zero-order valence-electron chi connectivity index (χ0n) is 65.2. The highest BCUT2D eigenvalue weighted by molar-refractivity contribution is 7.80. The van der Waals surface area contributed by atoms with Gasteiger partial charge in [-0.1, -0.05) is 120 Å². The molecule has 40 heteroatoms. The predicted molar refractivity (Wildman–Crippen MR) is 419 cm³/mol. The maximum Gasteiger partial charge on any atom is 0.397 e. The van der Waals surface area contributed by atoms with Gasteiger partial charge in [0.25, 0.3) is 0 Å². The van der Waals surface area contributed by atoms with Crippen LogP contribution in [0.2, 0.25) is 10.0 Å². The summed E-state index contributed by atoms with van der Waals surface area (Å²) in [6.45, 7) is 7.97. The van der Waals surface area contributed by atoms with Gasteiger partial charge in [0, 0.05) is 34.7 Å². The van der Waals surface area contributed by atoms with E-state index in [1.165, 1.54) is 78.0 Å². The van der Waals surface area contributed by atoms with Gasteiger partial charge in [0.2, 0.25) is 53.4 Å². The number of unbranched alkanes of at least 4 members (excludes halogenated alkanes) is 9. The van der Waals surface area contributed by atoms with Gasteiger partial charge in [-0.25, -0.2) is 8.98 Å². The first-order valence-electron chi connectivity index (χ1n) is 38.3.